The molecule has 2 saturated heterocycles. The summed E-state index contributed by atoms with van der Waals surface area (Å²) >= 11 is 0. The number of cyclic esters (lactones) is 1. The lowest BCUT2D eigenvalue weighted by Gasteiger charge is -2.40. The summed E-state index contributed by atoms with van der Waals surface area (Å²) in [5.41, 5.74) is -1.08. The van der Waals surface area contributed by atoms with Crippen LogP contribution in [0.5, 0.6) is 0 Å². The summed E-state index contributed by atoms with van der Waals surface area (Å²) in [5.74, 6) is -3.00. The molecule has 0 bridgehead atoms. The zero-order valence-corrected chi connectivity index (χ0v) is 23.7. The van der Waals surface area contributed by atoms with E-state index in [2.05, 4.69) is 10.3 Å². The quantitative estimate of drug-likeness (QED) is 0.418. The highest BCUT2D eigenvalue weighted by molar-refractivity contribution is 5.99. The topological polar surface area (TPSA) is 127 Å². The van der Waals surface area contributed by atoms with Crippen molar-refractivity contribution in [2.45, 2.75) is 70.0 Å². The first kappa shape index (κ1) is 27.6. The van der Waals surface area contributed by atoms with Crippen molar-refractivity contribution >= 4 is 28.8 Å². The van der Waals surface area contributed by atoms with E-state index in [1.165, 1.54) is 4.90 Å². The van der Waals surface area contributed by atoms with Gasteiger partial charge < -0.3 is 24.4 Å². The normalized spacial score (nSPS) is 33.1. The van der Waals surface area contributed by atoms with E-state index in [4.69, 9.17) is 9.47 Å². The van der Waals surface area contributed by atoms with Gasteiger partial charge in [-0.25, -0.2) is 4.68 Å². The number of aliphatic hydroxyl groups excluding tert-OH is 1. The fourth-order valence-electron chi connectivity index (χ4n) is 7.14. The van der Waals surface area contributed by atoms with Crippen molar-refractivity contribution in [2.24, 2.45) is 17.8 Å². The summed E-state index contributed by atoms with van der Waals surface area (Å²) in [5, 5.41) is 19.0. The molecule has 0 aliphatic carbocycles. The Morgan fingerprint density at radius 1 is 1.10 bits per heavy atom. The number of rotatable bonds is 6. The monoisotopic (exact) mass is 563 g/mol. The Bertz CT molecular complexity index is 1420. The third-order valence-electron chi connectivity index (χ3n) is 8.84. The number of amides is 2. The average Bonchev–Trinajstić information content (AvgIpc) is 3.51. The summed E-state index contributed by atoms with van der Waals surface area (Å²) in [4.78, 5) is 45.8. The van der Waals surface area contributed by atoms with Crippen LogP contribution in [0.2, 0.25) is 0 Å². The van der Waals surface area contributed by atoms with Crippen molar-refractivity contribution in [1.29, 1.82) is 0 Å². The maximum atomic E-state index is 14.6. The number of nitrogens with zero attached hydrogens (tertiary/aromatic N) is 5. The third-order valence-corrected chi connectivity index (χ3v) is 8.84. The first-order valence-corrected chi connectivity index (χ1v) is 14.4. The van der Waals surface area contributed by atoms with Crippen LogP contribution in [0, 0.1) is 17.8 Å². The first-order chi connectivity index (χ1) is 19.7. The second-order valence-electron chi connectivity index (χ2n) is 12.1. The van der Waals surface area contributed by atoms with E-state index in [-0.39, 0.29) is 44.2 Å². The van der Waals surface area contributed by atoms with Crippen molar-refractivity contribution in [3.63, 3.8) is 0 Å². The molecule has 2 fully saturated rings. The lowest BCUT2D eigenvalue weighted by atomic mass is 9.74. The maximum Gasteiger partial charge on any atom is 0.313 e. The van der Waals surface area contributed by atoms with Gasteiger partial charge in [-0.3, -0.25) is 14.4 Å². The van der Waals surface area contributed by atoms with Gasteiger partial charge >= 0.3 is 5.97 Å². The summed E-state index contributed by atoms with van der Waals surface area (Å²) in [6.07, 6.45) is 9.31. The van der Waals surface area contributed by atoms with E-state index in [0.29, 0.717) is 24.8 Å². The number of aliphatic hydroxyl groups is 1. The number of ether oxygens (including phenoxy) is 2. The Hall–Kier alpha value is -3.57. The Labute approximate surface area is 238 Å². The van der Waals surface area contributed by atoms with Crippen LogP contribution in [-0.4, -0.2) is 90.7 Å². The number of likely N-dealkylation sites (tertiary alicyclic amines) is 1. The van der Waals surface area contributed by atoms with E-state index in [1.807, 2.05) is 56.3 Å². The molecule has 2 amide bonds. The fourth-order valence-corrected chi connectivity index (χ4v) is 7.14. The predicted octanol–water partition coefficient (Wildman–Crippen LogP) is 2.06. The Morgan fingerprint density at radius 2 is 1.90 bits per heavy atom. The Morgan fingerprint density at radius 3 is 2.68 bits per heavy atom. The number of fused-ring (bicyclic) bond motifs is 3. The molecular weight excluding hydrogens is 526 g/mol. The van der Waals surface area contributed by atoms with Crippen molar-refractivity contribution in [3.05, 3.63) is 48.6 Å². The second kappa shape index (κ2) is 10.4. The number of benzene rings is 1. The van der Waals surface area contributed by atoms with E-state index < -0.39 is 41.1 Å². The summed E-state index contributed by atoms with van der Waals surface area (Å²) < 4.78 is 14.1. The molecule has 41 heavy (non-hydrogen) atoms. The average molecular weight is 564 g/mol. The molecule has 0 radical (unpaired) electrons. The molecule has 2 aromatic rings. The summed E-state index contributed by atoms with van der Waals surface area (Å²) in [6.45, 7) is 6.09. The lowest BCUT2D eigenvalue weighted by Crippen LogP contribution is -2.59. The molecule has 6 rings (SSSR count). The van der Waals surface area contributed by atoms with Gasteiger partial charge in [-0.05, 0) is 44.2 Å². The summed E-state index contributed by atoms with van der Waals surface area (Å²) in [6, 6.07) is 5.79. The molecule has 1 spiro atoms. The van der Waals surface area contributed by atoms with Gasteiger partial charge in [0.05, 0.1) is 36.3 Å². The Balaban J connectivity index is 1.46. The van der Waals surface area contributed by atoms with E-state index in [9.17, 15) is 19.5 Å². The molecule has 218 valence electrons. The zero-order valence-electron chi connectivity index (χ0n) is 23.7. The minimum Gasteiger partial charge on any atom is -0.465 e. The SMILES string of the molecule is CC(C)C[C@H](CO)N1C(=O)[C@@H]2[C@H]3C(=O)OCCC/C=C\[C@@]3(C)O[C@@]23C=CCN(Cn2nnc4ccccc42)C(=O)C13. The highest BCUT2D eigenvalue weighted by atomic mass is 16.6. The zero-order chi connectivity index (χ0) is 28.9. The highest BCUT2D eigenvalue weighted by Gasteiger charge is 2.75. The van der Waals surface area contributed by atoms with Gasteiger partial charge in [-0.1, -0.05) is 55.5 Å². The number of allylic oxidation sites excluding steroid dienone is 1. The molecule has 6 atom stereocenters. The second-order valence-corrected chi connectivity index (χ2v) is 12.1. The number of carbonyl (C=O) groups excluding carboxylic acids is 3. The van der Waals surface area contributed by atoms with Crippen molar-refractivity contribution in [1.82, 2.24) is 24.8 Å². The molecule has 4 aliphatic heterocycles. The number of aromatic nitrogens is 3. The van der Waals surface area contributed by atoms with Crippen LogP contribution in [0.1, 0.15) is 40.0 Å². The van der Waals surface area contributed by atoms with E-state index in [1.54, 1.807) is 22.6 Å². The van der Waals surface area contributed by atoms with Crippen LogP contribution in [0.4, 0.5) is 0 Å². The van der Waals surface area contributed by atoms with Crippen LogP contribution in [0.3, 0.4) is 0 Å². The Kier molecular flexibility index (Phi) is 6.97. The molecule has 1 N–H and O–H groups in total. The van der Waals surface area contributed by atoms with Crippen molar-refractivity contribution in [2.75, 3.05) is 19.8 Å². The molecule has 1 unspecified atom stereocenters. The van der Waals surface area contributed by atoms with Gasteiger partial charge in [0.15, 0.2) is 0 Å². The number of carbonyl (C=O) groups is 3. The van der Waals surface area contributed by atoms with Crippen LogP contribution >= 0.6 is 0 Å². The van der Waals surface area contributed by atoms with E-state index >= 15 is 0 Å². The molecular formula is C30H37N5O6. The first-order valence-electron chi connectivity index (χ1n) is 14.4. The highest BCUT2D eigenvalue weighted by Crippen LogP contribution is 2.57. The van der Waals surface area contributed by atoms with Crippen molar-refractivity contribution in [3.8, 4) is 0 Å². The minimum atomic E-state index is -1.42. The molecule has 4 aliphatic rings. The molecule has 5 heterocycles. The molecule has 11 nitrogen and oxygen atoms in total. The third kappa shape index (κ3) is 4.37. The fraction of sp³-hybridized carbons (Fsp3) is 0.567. The molecule has 11 heteroatoms. The largest absolute Gasteiger partial charge is 0.465 e. The van der Waals surface area contributed by atoms with Crippen LogP contribution in [-0.2, 0) is 30.5 Å². The number of hydrogen-bond donors (Lipinski definition) is 1. The van der Waals surface area contributed by atoms with Crippen LogP contribution < -0.4 is 0 Å². The van der Waals surface area contributed by atoms with Gasteiger partial charge in [0, 0.05) is 6.54 Å². The predicted molar refractivity (Wildman–Crippen MR) is 148 cm³/mol. The van der Waals surface area contributed by atoms with Gasteiger partial charge in [-0.2, -0.15) is 0 Å². The lowest BCUT2D eigenvalue weighted by molar-refractivity contribution is -0.162. The smallest absolute Gasteiger partial charge is 0.313 e. The maximum absolute atomic E-state index is 14.6. The van der Waals surface area contributed by atoms with Crippen LogP contribution in [0.15, 0.2) is 48.6 Å². The van der Waals surface area contributed by atoms with Gasteiger partial charge in [0.25, 0.3) is 5.91 Å². The minimum absolute atomic E-state index is 0.111. The molecule has 0 saturated carbocycles. The molecule has 1 aromatic heterocycles. The van der Waals surface area contributed by atoms with Crippen LogP contribution in [0.25, 0.3) is 11.0 Å². The number of para-hydroxylation sites is 1. The van der Waals surface area contributed by atoms with Crippen molar-refractivity contribution < 1.29 is 29.0 Å². The van der Waals surface area contributed by atoms with Gasteiger partial charge in [0.1, 0.15) is 29.7 Å². The number of hydrogen-bond acceptors (Lipinski definition) is 8. The van der Waals surface area contributed by atoms with Gasteiger partial charge in [-0.15, -0.1) is 5.10 Å². The number of esters is 1. The van der Waals surface area contributed by atoms with E-state index in [0.717, 1.165) is 5.52 Å². The standard InChI is InChI=1S/C30H37N5O6/c1-19(2)16-20(17-36)35-25-27(38)33(18-34-22-11-6-5-10-21(22)31-32-34)14-9-13-30(25)23(26(35)37)24-28(39)40-15-8-4-7-12-29(24,3)41-30/h5-7,9-13,19-20,23-25,36H,4,8,14-18H2,1-3H3/b12-7-/t20-,23+,24+,25?,29-,30+/m1/s1. The van der Waals surface area contributed by atoms with Gasteiger partial charge in [0.2, 0.25) is 5.91 Å². The molecule has 1 aromatic carbocycles. The summed E-state index contributed by atoms with van der Waals surface area (Å²) in [7, 11) is 0.